The second-order valence-electron chi connectivity index (χ2n) is 11.8. The lowest BCUT2D eigenvalue weighted by Gasteiger charge is -2.37. The van der Waals surface area contributed by atoms with Crippen molar-refractivity contribution in [2.24, 2.45) is 0 Å². The fourth-order valence-corrected chi connectivity index (χ4v) is 5.95. The summed E-state index contributed by atoms with van der Waals surface area (Å²) >= 11 is 0. The van der Waals surface area contributed by atoms with Gasteiger partial charge in [-0.3, -0.25) is 0 Å². The number of halogens is 3. The van der Waals surface area contributed by atoms with Crippen molar-refractivity contribution in [3.05, 3.63) is 101 Å². The molecule has 2 saturated heterocycles. The maximum absolute atomic E-state index is 13.6. The van der Waals surface area contributed by atoms with Crippen LogP contribution >= 0.6 is 0 Å². The van der Waals surface area contributed by atoms with E-state index in [9.17, 15) is 18.0 Å². The molecule has 0 radical (unpaired) electrons. The molecular weight excluding hydrogens is 599 g/mol. The van der Waals surface area contributed by atoms with Crippen molar-refractivity contribution in [3.8, 4) is 11.4 Å². The molecule has 0 saturated carbocycles. The van der Waals surface area contributed by atoms with Gasteiger partial charge in [-0.15, -0.1) is 0 Å². The fourth-order valence-electron chi connectivity index (χ4n) is 5.95. The first-order valence-electron chi connectivity index (χ1n) is 15.5. The molecule has 3 unspecified atom stereocenters. The maximum atomic E-state index is 13.6. The summed E-state index contributed by atoms with van der Waals surface area (Å²) in [4.78, 5) is 17.4. The third-order valence-electron chi connectivity index (χ3n) is 8.77. The highest BCUT2D eigenvalue weighted by Crippen LogP contribution is 2.41. The van der Waals surface area contributed by atoms with Gasteiger partial charge in [0.15, 0.2) is 5.79 Å². The molecule has 244 valence electrons. The molecule has 2 aliphatic rings. The van der Waals surface area contributed by atoms with E-state index in [-0.39, 0.29) is 30.5 Å². The van der Waals surface area contributed by atoms with Gasteiger partial charge < -0.3 is 24.0 Å². The number of benzene rings is 3. The lowest BCUT2D eigenvalue weighted by Crippen LogP contribution is -2.46. The predicted octanol–water partition coefficient (Wildman–Crippen LogP) is 6.02. The van der Waals surface area contributed by atoms with Gasteiger partial charge in [0.05, 0.1) is 23.9 Å². The lowest BCUT2D eigenvalue weighted by atomic mass is 10.00. The van der Waals surface area contributed by atoms with Gasteiger partial charge in [-0.25, -0.2) is 14.0 Å². The van der Waals surface area contributed by atoms with Crippen LogP contribution in [0.15, 0.2) is 83.9 Å². The average Bonchev–Trinajstić information content (AvgIpc) is 3.66. The van der Waals surface area contributed by atoms with Crippen LogP contribution < -0.4 is 20.2 Å². The SMILES string of the molecule is CCC(C)n1ncn(-c2ccc(N3CCN(c4ccc(OCC5COC(C)(c6ccccc6C(F)(F)F)O5)cc4)CC3)cc2)c1=O. The topological polar surface area (TPSA) is 74.0 Å². The molecule has 0 aliphatic carbocycles. The van der Waals surface area contributed by atoms with Crippen molar-refractivity contribution in [2.45, 2.75) is 51.3 Å². The van der Waals surface area contributed by atoms with E-state index in [2.05, 4.69) is 14.9 Å². The summed E-state index contributed by atoms with van der Waals surface area (Å²) in [5.74, 6) is -0.866. The zero-order valence-corrected chi connectivity index (χ0v) is 26.1. The van der Waals surface area contributed by atoms with E-state index in [1.54, 1.807) is 17.0 Å². The molecule has 3 atom stereocenters. The van der Waals surface area contributed by atoms with Gasteiger partial charge in [-0.2, -0.15) is 18.3 Å². The van der Waals surface area contributed by atoms with Crippen molar-refractivity contribution in [2.75, 3.05) is 49.2 Å². The number of ether oxygens (including phenoxy) is 3. The Morgan fingerprint density at radius 2 is 1.52 bits per heavy atom. The highest BCUT2D eigenvalue weighted by atomic mass is 19.4. The van der Waals surface area contributed by atoms with Crippen LogP contribution in [0.4, 0.5) is 24.5 Å². The summed E-state index contributed by atoms with van der Waals surface area (Å²) in [6.07, 6.45) is -2.62. The average molecular weight is 638 g/mol. The van der Waals surface area contributed by atoms with Gasteiger partial charge in [0.2, 0.25) is 0 Å². The first-order valence-corrected chi connectivity index (χ1v) is 15.5. The zero-order chi connectivity index (χ0) is 32.5. The van der Waals surface area contributed by atoms with Gasteiger partial charge in [0.1, 0.15) is 24.8 Å². The first-order chi connectivity index (χ1) is 22.1. The van der Waals surface area contributed by atoms with Crippen LogP contribution in [0.2, 0.25) is 0 Å². The van der Waals surface area contributed by atoms with Gasteiger partial charge in [-0.05, 0) is 74.9 Å². The largest absolute Gasteiger partial charge is 0.491 e. The number of hydrogen-bond donors (Lipinski definition) is 0. The molecule has 9 nitrogen and oxygen atoms in total. The van der Waals surface area contributed by atoms with Gasteiger partial charge >= 0.3 is 11.9 Å². The smallest absolute Gasteiger partial charge is 0.416 e. The van der Waals surface area contributed by atoms with E-state index < -0.39 is 23.6 Å². The number of piperazine rings is 1. The molecule has 2 aliphatic heterocycles. The van der Waals surface area contributed by atoms with Gasteiger partial charge in [-0.1, -0.05) is 25.1 Å². The van der Waals surface area contributed by atoms with Crippen molar-refractivity contribution < 1.29 is 27.4 Å². The fraction of sp³-hybridized carbons (Fsp3) is 0.412. The van der Waals surface area contributed by atoms with Crippen LogP contribution in [0, 0.1) is 0 Å². The summed E-state index contributed by atoms with van der Waals surface area (Å²) in [6, 6.07) is 21.1. The Balaban J connectivity index is 0.997. The molecule has 0 N–H and O–H groups in total. The first kappa shape index (κ1) is 31.7. The molecule has 3 heterocycles. The molecule has 4 aromatic rings. The number of aromatic nitrogens is 3. The Morgan fingerprint density at radius 1 is 0.935 bits per heavy atom. The third kappa shape index (κ3) is 6.50. The van der Waals surface area contributed by atoms with E-state index in [4.69, 9.17) is 14.2 Å². The lowest BCUT2D eigenvalue weighted by molar-refractivity contribution is -0.176. The third-order valence-corrected chi connectivity index (χ3v) is 8.77. The van der Waals surface area contributed by atoms with E-state index in [1.165, 1.54) is 23.7 Å². The van der Waals surface area contributed by atoms with Crippen LogP contribution in [-0.4, -0.2) is 59.8 Å². The highest BCUT2D eigenvalue weighted by molar-refractivity contribution is 5.54. The number of rotatable bonds is 9. The molecule has 0 amide bonds. The Labute approximate surface area is 265 Å². The molecule has 46 heavy (non-hydrogen) atoms. The molecule has 6 rings (SSSR count). The summed E-state index contributed by atoms with van der Waals surface area (Å²) < 4.78 is 61.3. The van der Waals surface area contributed by atoms with Crippen molar-refractivity contribution in [1.82, 2.24) is 14.3 Å². The maximum Gasteiger partial charge on any atom is 0.416 e. The minimum Gasteiger partial charge on any atom is -0.491 e. The van der Waals surface area contributed by atoms with E-state index >= 15 is 0 Å². The van der Waals surface area contributed by atoms with E-state index in [1.807, 2.05) is 62.4 Å². The monoisotopic (exact) mass is 637 g/mol. The van der Waals surface area contributed by atoms with Gasteiger partial charge in [0.25, 0.3) is 0 Å². The summed E-state index contributed by atoms with van der Waals surface area (Å²) in [5, 5.41) is 4.27. The Kier molecular flexibility index (Phi) is 8.84. The second kappa shape index (κ2) is 12.8. The van der Waals surface area contributed by atoms with Crippen molar-refractivity contribution in [1.29, 1.82) is 0 Å². The summed E-state index contributed by atoms with van der Waals surface area (Å²) in [7, 11) is 0. The van der Waals surface area contributed by atoms with E-state index in [0.717, 1.165) is 55.7 Å². The number of alkyl halides is 3. The van der Waals surface area contributed by atoms with Crippen LogP contribution in [0.5, 0.6) is 5.75 Å². The predicted molar refractivity (Wildman–Crippen MR) is 169 cm³/mol. The molecule has 3 aromatic carbocycles. The number of anilines is 2. The number of nitrogens with zero attached hydrogens (tertiary/aromatic N) is 5. The van der Waals surface area contributed by atoms with Gasteiger partial charge in [0, 0.05) is 43.1 Å². The standard InChI is InChI=1S/C34H38F3N5O4/c1-4-24(2)42-32(43)41(23-38-42)27-11-9-25(10-12-27)39-17-19-40(20-18-39)26-13-15-28(16-14-26)44-21-29-22-45-33(3,46-29)30-7-5-6-8-31(30)34(35,36)37/h5-16,23-24,29H,4,17-22H2,1-3H3. The molecule has 1 aromatic heterocycles. The van der Waals surface area contributed by atoms with Crippen LogP contribution in [0.1, 0.15) is 44.4 Å². The summed E-state index contributed by atoms with van der Waals surface area (Å²) in [6.45, 7) is 9.17. The minimum atomic E-state index is -4.51. The minimum absolute atomic E-state index is 0.0476. The molecule has 2 fully saturated rings. The van der Waals surface area contributed by atoms with Crippen LogP contribution in [0.25, 0.3) is 5.69 Å². The Hall–Kier alpha value is -4.29. The summed E-state index contributed by atoms with van der Waals surface area (Å²) in [5.41, 5.74) is 2.02. The van der Waals surface area contributed by atoms with Crippen molar-refractivity contribution in [3.63, 3.8) is 0 Å². The molecule has 12 heteroatoms. The van der Waals surface area contributed by atoms with Crippen molar-refractivity contribution >= 4 is 11.4 Å². The zero-order valence-electron chi connectivity index (χ0n) is 26.1. The molecular formula is C34H38F3N5O4. The Bertz CT molecular complexity index is 1680. The highest BCUT2D eigenvalue weighted by Gasteiger charge is 2.45. The van der Waals surface area contributed by atoms with E-state index in [0.29, 0.717) is 5.75 Å². The normalized spacial score (nSPS) is 21.0. The second-order valence-corrected chi connectivity index (χ2v) is 11.8. The number of hydrogen-bond acceptors (Lipinski definition) is 7. The van der Waals surface area contributed by atoms with Crippen LogP contribution in [0.3, 0.4) is 0 Å². The molecule has 0 spiro atoms. The molecule has 0 bridgehead atoms. The van der Waals surface area contributed by atoms with Crippen LogP contribution in [-0.2, 0) is 21.4 Å². The quantitative estimate of drug-likeness (QED) is 0.222. The Morgan fingerprint density at radius 3 is 2.13 bits per heavy atom.